The molecule has 0 bridgehead atoms. The maximum absolute atomic E-state index is 12.3. The second-order valence-electron chi connectivity index (χ2n) is 4.54. The smallest absolute Gasteiger partial charge is 0.205 e. The van der Waals surface area contributed by atoms with Crippen LogP contribution in [0.25, 0.3) is 0 Å². The summed E-state index contributed by atoms with van der Waals surface area (Å²) in [5.41, 5.74) is 1.34. The molecule has 0 fully saturated rings. The Kier molecular flexibility index (Phi) is 3.42. The summed E-state index contributed by atoms with van der Waals surface area (Å²) in [6, 6.07) is 12.7. The number of sulfone groups is 1. The minimum absolute atomic E-state index is 0.244. The van der Waals surface area contributed by atoms with E-state index in [1.54, 1.807) is 13.0 Å². The molecule has 96 valence electrons. The average molecular weight is 272 g/mol. The SMILES string of the molecule is CC1=C(C#N)S(=O)(=O)C(C#N)C(c2ccccc2)C1. The minimum atomic E-state index is -3.85. The van der Waals surface area contributed by atoms with E-state index in [1.165, 1.54) is 0 Å². The largest absolute Gasteiger partial charge is 0.222 e. The number of hydrogen-bond donors (Lipinski definition) is 0. The van der Waals surface area contributed by atoms with E-state index >= 15 is 0 Å². The van der Waals surface area contributed by atoms with Gasteiger partial charge in [0.25, 0.3) is 0 Å². The Bertz CT molecular complexity index is 706. The van der Waals surface area contributed by atoms with Crippen LogP contribution in [0.4, 0.5) is 0 Å². The minimum Gasteiger partial charge on any atom is -0.222 e. The van der Waals surface area contributed by atoms with Crippen molar-refractivity contribution in [2.45, 2.75) is 24.5 Å². The third-order valence-corrected chi connectivity index (χ3v) is 5.47. The molecule has 19 heavy (non-hydrogen) atoms. The highest BCUT2D eigenvalue weighted by molar-refractivity contribution is 7.96. The van der Waals surface area contributed by atoms with Crippen LogP contribution in [-0.2, 0) is 9.84 Å². The van der Waals surface area contributed by atoms with Gasteiger partial charge in [-0.1, -0.05) is 30.3 Å². The summed E-state index contributed by atoms with van der Waals surface area (Å²) in [6.45, 7) is 1.64. The van der Waals surface area contributed by atoms with E-state index in [4.69, 9.17) is 5.26 Å². The van der Waals surface area contributed by atoms with Crippen LogP contribution in [0.1, 0.15) is 24.8 Å². The zero-order chi connectivity index (χ0) is 14.0. The predicted molar refractivity (Wildman–Crippen MR) is 70.4 cm³/mol. The number of benzene rings is 1. The molecule has 2 unspecified atom stereocenters. The first-order chi connectivity index (χ1) is 9.02. The summed E-state index contributed by atoms with van der Waals surface area (Å²) in [5.74, 6) is -0.409. The van der Waals surface area contributed by atoms with Crippen molar-refractivity contribution in [1.82, 2.24) is 0 Å². The van der Waals surface area contributed by atoms with Crippen molar-refractivity contribution in [1.29, 1.82) is 10.5 Å². The van der Waals surface area contributed by atoms with Crippen LogP contribution in [0.3, 0.4) is 0 Å². The molecular weight excluding hydrogens is 260 g/mol. The van der Waals surface area contributed by atoms with Crippen molar-refractivity contribution in [3.63, 3.8) is 0 Å². The lowest BCUT2D eigenvalue weighted by atomic mass is 9.89. The Morgan fingerprint density at radius 1 is 1.21 bits per heavy atom. The maximum atomic E-state index is 12.3. The first kappa shape index (κ1) is 13.3. The van der Waals surface area contributed by atoms with Gasteiger partial charge < -0.3 is 0 Å². The van der Waals surface area contributed by atoms with Crippen LogP contribution in [0.2, 0.25) is 0 Å². The lowest BCUT2D eigenvalue weighted by Gasteiger charge is -2.27. The lowest BCUT2D eigenvalue weighted by Crippen LogP contribution is -2.32. The highest BCUT2D eigenvalue weighted by Crippen LogP contribution is 2.39. The summed E-state index contributed by atoms with van der Waals surface area (Å²) in [7, 11) is -3.85. The molecule has 0 spiro atoms. The molecule has 2 atom stereocenters. The third kappa shape index (κ3) is 2.14. The van der Waals surface area contributed by atoms with E-state index in [0.717, 1.165) is 5.56 Å². The number of allylic oxidation sites excluding steroid dienone is 2. The van der Waals surface area contributed by atoms with E-state index in [2.05, 4.69) is 0 Å². The van der Waals surface area contributed by atoms with Gasteiger partial charge in [-0.25, -0.2) is 8.42 Å². The van der Waals surface area contributed by atoms with Crippen LogP contribution < -0.4 is 0 Å². The second-order valence-corrected chi connectivity index (χ2v) is 6.54. The Hall–Kier alpha value is -2.11. The molecular formula is C14H12N2O2S. The maximum Gasteiger partial charge on any atom is 0.205 e. The van der Waals surface area contributed by atoms with Gasteiger partial charge in [-0.2, -0.15) is 10.5 Å². The Labute approximate surface area is 112 Å². The summed E-state index contributed by atoms with van der Waals surface area (Å²) in [5, 5.41) is 17.0. The molecule has 0 saturated heterocycles. The normalized spacial score (nSPS) is 25.4. The first-order valence-electron chi connectivity index (χ1n) is 5.80. The fraction of sp³-hybridized carbons (Fsp3) is 0.286. The predicted octanol–water partition coefficient (Wildman–Crippen LogP) is 2.28. The van der Waals surface area contributed by atoms with E-state index in [1.807, 2.05) is 36.4 Å². The standard InChI is InChI=1S/C14H12N2O2S/c1-10-7-12(11-5-3-2-4-6-11)14(9-16)19(17,18)13(10)8-15/h2-6,12,14H,7H2,1H3. The van der Waals surface area contributed by atoms with Gasteiger partial charge in [0.15, 0.2) is 5.25 Å². The fourth-order valence-electron chi connectivity index (χ4n) is 2.43. The Morgan fingerprint density at radius 2 is 1.84 bits per heavy atom. The Balaban J connectivity index is 2.60. The molecule has 0 radical (unpaired) electrons. The number of hydrogen-bond acceptors (Lipinski definition) is 4. The monoisotopic (exact) mass is 272 g/mol. The van der Waals surface area contributed by atoms with Crippen LogP contribution in [0, 0.1) is 22.7 Å². The van der Waals surface area contributed by atoms with Crippen LogP contribution in [0.15, 0.2) is 40.8 Å². The first-order valence-corrected chi connectivity index (χ1v) is 7.35. The van der Waals surface area contributed by atoms with Crippen molar-refractivity contribution >= 4 is 9.84 Å². The van der Waals surface area contributed by atoms with Crippen LogP contribution in [-0.4, -0.2) is 13.7 Å². The van der Waals surface area contributed by atoms with Crippen molar-refractivity contribution in [2.75, 3.05) is 0 Å². The van der Waals surface area contributed by atoms with Gasteiger partial charge in [0.1, 0.15) is 11.0 Å². The number of rotatable bonds is 1. The molecule has 5 heteroatoms. The zero-order valence-electron chi connectivity index (χ0n) is 10.4. The molecule has 1 aromatic rings. The molecule has 0 aromatic heterocycles. The molecule has 2 rings (SSSR count). The van der Waals surface area contributed by atoms with E-state index < -0.39 is 21.0 Å². The molecule has 0 amide bonds. The number of nitrogens with zero attached hydrogens (tertiary/aromatic N) is 2. The average Bonchev–Trinajstić information content (AvgIpc) is 2.38. The third-order valence-electron chi connectivity index (χ3n) is 3.35. The van der Waals surface area contributed by atoms with Gasteiger partial charge in [-0.3, -0.25) is 0 Å². The molecule has 1 aliphatic rings. The molecule has 4 nitrogen and oxygen atoms in total. The molecule has 0 N–H and O–H groups in total. The fourth-order valence-corrected chi connectivity index (χ4v) is 4.20. The quantitative estimate of drug-likeness (QED) is 0.785. The summed E-state index contributed by atoms with van der Waals surface area (Å²) in [6.07, 6.45) is 0.421. The van der Waals surface area contributed by atoms with Crippen molar-refractivity contribution in [3.05, 3.63) is 46.4 Å². The summed E-state index contributed by atoms with van der Waals surface area (Å²) in [4.78, 5) is -0.244. The van der Waals surface area contributed by atoms with Crippen molar-refractivity contribution in [3.8, 4) is 12.1 Å². The van der Waals surface area contributed by atoms with Crippen molar-refractivity contribution < 1.29 is 8.42 Å². The zero-order valence-corrected chi connectivity index (χ0v) is 11.2. The van der Waals surface area contributed by atoms with Gasteiger partial charge in [0, 0.05) is 5.92 Å². The van der Waals surface area contributed by atoms with Crippen LogP contribution >= 0.6 is 0 Å². The van der Waals surface area contributed by atoms with Crippen molar-refractivity contribution in [2.24, 2.45) is 0 Å². The highest BCUT2D eigenvalue weighted by Gasteiger charge is 2.42. The van der Waals surface area contributed by atoms with E-state index in [-0.39, 0.29) is 4.91 Å². The Morgan fingerprint density at radius 3 is 2.37 bits per heavy atom. The molecule has 1 aromatic carbocycles. The molecule has 1 heterocycles. The van der Waals surface area contributed by atoms with Gasteiger partial charge in [-0.05, 0) is 24.5 Å². The summed E-state index contributed by atoms with van der Waals surface area (Å²) < 4.78 is 24.5. The van der Waals surface area contributed by atoms with Crippen LogP contribution in [0.5, 0.6) is 0 Å². The molecule has 0 saturated carbocycles. The topological polar surface area (TPSA) is 81.7 Å². The molecule has 1 aliphatic heterocycles. The lowest BCUT2D eigenvalue weighted by molar-refractivity contribution is 0.570. The van der Waals surface area contributed by atoms with E-state index in [9.17, 15) is 13.7 Å². The number of nitriles is 2. The molecule has 0 aliphatic carbocycles. The van der Waals surface area contributed by atoms with Gasteiger partial charge in [0.05, 0.1) is 6.07 Å². The van der Waals surface area contributed by atoms with Gasteiger partial charge in [-0.15, -0.1) is 0 Å². The highest BCUT2D eigenvalue weighted by atomic mass is 32.2. The van der Waals surface area contributed by atoms with Gasteiger partial charge in [0.2, 0.25) is 9.84 Å². The summed E-state index contributed by atoms with van der Waals surface area (Å²) >= 11 is 0. The van der Waals surface area contributed by atoms with Gasteiger partial charge >= 0.3 is 0 Å². The van der Waals surface area contributed by atoms with E-state index in [0.29, 0.717) is 12.0 Å². The second kappa shape index (κ2) is 4.87.